The predicted octanol–water partition coefficient (Wildman–Crippen LogP) is 2.14. The summed E-state index contributed by atoms with van der Waals surface area (Å²) >= 11 is 0. The minimum atomic E-state index is -0.648. The number of fused-ring (bicyclic) bond motifs is 2. The van der Waals surface area contributed by atoms with Crippen molar-refractivity contribution in [1.29, 1.82) is 0 Å². The molecule has 0 unspecified atom stereocenters. The minimum Gasteiger partial charge on any atom is -0.497 e. The normalized spacial score (nSPS) is 35.7. The van der Waals surface area contributed by atoms with Gasteiger partial charge in [-0.15, -0.1) is 0 Å². The van der Waals surface area contributed by atoms with Crippen molar-refractivity contribution in [2.24, 2.45) is 0 Å². The molecule has 0 aromatic heterocycles. The van der Waals surface area contributed by atoms with Gasteiger partial charge in [0.05, 0.1) is 12.7 Å². The molecule has 18 heavy (non-hydrogen) atoms. The van der Waals surface area contributed by atoms with Gasteiger partial charge in [0.2, 0.25) is 0 Å². The van der Waals surface area contributed by atoms with Crippen LogP contribution in [0.25, 0.3) is 0 Å². The summed E-state index contributed by atoms with van der Waals surface area (Å²) in [6.45, 7) is 0. The second kappa shape index (κ2) is 4.25. The maximum absolute atomic E-state index is 10.9. The van der Waals surface area contributed by atoms with Gasteiger partial charge in [0, 0.05) is 12.1 Å². The molecule has 3 nitrogen and oxygen atoms in total. The van der Waals surface area contributed by atoms with Gasteiger partial charge in [0.1, 0.15) is 5.75 Å². The molecule has 3 heteroatoms. The molecule has 0 radical (unpaired) electrons. The third-order valence-electron chi connectivity index (χ3n) is 4.76. The SMILES string of the molecule is COc1ccc(C2(O)C[C@@H]3CC[C@@H](C2)N3C)cc1. The Kier molecular flexibility index (Phi) is 2.83. The molecule has 0 spiro atoms. The van der Waals surface area contributed by atoms with Crippen molar-refractivity contribution >= 4 is 0 Å². The number of benzene rings is 1. The zero-order chi connectivity index (χ0) is 12.8. The number of hydrogen-bond acceptors (Lipinski definition) is 3. The number of nitrogens with zero attached hydrogens (tertiary/aromatic N) is 1. The van der Waals surface area contributed by atoms with E-state index in [2.05, 4.69) is 11.9 Å². The van der Waals surface area contributed by atoms with Crippen molar-refractivity contribution in [3.05, 3.63) is 29.8 Å². The largest absolute Gasteiger partial charge is 0.497 e. The van der Waals surface area contributed by atoms with Gasteiger partial charge < -0.3 is 14.7 Å². The minimum absolute atomic E-state index is 0.538. The standard InChI is InChI=1S/C15H21NO2/c1-16-12-5-6-13(16)10-15(17,9-12)11-3-7-14(18-2)8-4-11/h3-4,7-8,12-13,17H,5-6,9-10H2,1-2H3/t12-,13-/m0/s1. The summed E-state index contributed by atoms with van der Waals surface area (Å²) in [6.07, 6.45) is 4.15. The van der Waals surface area contributed by atoms with Gasteiger partial charge in [-0.3, -0.25) is 0 Å². The first-order valence-corrected chi connectivity index (χ1v) is 6.71. The molecule has 0 aliphatic carbocycles. The van der Waals surface area contributed by atoms with Gasteiger partial charge in [0.25, 0.3) is 0 Å². The molecule has 98 valence electrons. The third kappa shape index (κ3) is 1.82. The van der Waals surface area contributed by atoms with Gasteiger partial charge >= 0.3 is 0 Å². The van der Waals surface area contributed by atoms with Crippen LogP contribution in [0.1, 0.15) is 31.2 Å². The molecule has 1 aromatic carbocycles. The molecule has 3 rings (SSSR count). The van der Waals surface area contributed by atoms with Crippen molar-refractivity contribution in [3.8, 4) is 5.75 Å². The monoisotopic (exact) mass is 247 g/mol. The topological polar surface area (TPSA) is 32.7 Å². The number of rotatable bonds is 2. The third-order valence-corrected chi connectivity index (χ3v) is 4.76. The van der Waals surface area contributed by atoms with E-state index in [9.17, 15) is 5.11 Å². The fourth-order valence-corrected chi connectivity index (χ4v) is 3.58. The predicted molar refractivity (Wildman–Crippen MR) is 70.7 cm³/mol. The van der Waals surface area contributed by atoms with Crippen LogP contribution in [0.3, 0.4) is 0 Å². The van der Waals surface area contributed by atoms with Crippen LogP contribution in [0.2, 0.25) is 0 Å². The molecular formula is C15H21NO2. The highest BCUT2D eigenvalue weighted by atomic mass is 16.5. The van der Waals surface area contributed by atoms with Gasteiger partial charge in [-0.05, 0) is 50.4 Å². The first kappa shape index (κ1) is 12.0. The van der Waals surface area contributed by atoms with E-state index in [1.54, 1.807) is 7.11 Å². The van der Waals surface area contributed by atoms with E-state index in [1.807, 2.05) is 24.3 Å². The number of piperidine rings is 1. The summed E-state index contributed by atoms with van der Waals surface area (Å²) in [6, 6.07) is 8.96. The fraction of sp³-hybridized carbons (Fsp3) is 0.600. The van der Waals surface area contributed by atoms with Crippen LogP contribution in [0, 0.1) is 0 Å². The molecule has 2 atom stereocenters. The molecule has 1 aromatic rings. The molecule has 2 aliphatic heterocycles. The zero-order valence-corrected chi connectivity index (χ0v) is 11.1. The molecular weight excluding hydrogens is 226 g/mol. The van der Waals surface area contributed by atoms with Gasteiger partial charge in [-0.2, -0.15) is 0 Å². The van der Waals surface area contributed by atoms with Crippen molar-refractivity contribution in [2.75, 3.05) is 14.2 Å². The number of ether oxygens (including phenoxy) is 1. The lowest BCUT2D eigenvalue weighted by molar-refractivity contribution is -0.0493. The van der Waals surface area contributed by atoms with Gasteiger partial charge in [0.15, 0.2) is 0 Å². The lowest BCUT2D eigenvalue weighted by Gasteiger charge is -2.42. The molecule has 0 amide bonds. The number of methoxy groups -OCH3 is 1. The fourth-order valence-electron chi connectivity index (χ4n) is 3.58. The van der Waals surface area contributed by atoms with Crippen LogP contribution in [0.5, 0.6) is 5.75 Å². The van der Waals surface area contributed by atoms with Gasteiger partial charge in [-0.1, -0.05) is 12.1 Å². The highest BCUT2D eigenvalue weighted by Gasteiger charge is 2.46. The maximum atomic E-state index is 10.9. The highest BCUT2D eigenvalue weighted by Crippen LogP contribution is 2.44. The molecule has 2 heterocycles. The van der Waals surface area contributed by atoms with Crippen LogP contribution in [0.4, 0.5) is 0 Å². The summed E-state index contributed by atoms with van der Waals surface area (Å²) < 4.78 is 5.17. The van der Waals surface area contributed by atoms with Crippen LogP contribution in [-0.4, -0.2) is 36.2 Å². The summed E-state index contributed by atoms with van der Waals surface area (Å²) in [5, 5.41) is 10.9. The molecule has 1 N–H and O–H groups in total. The summed E-state index contributed by atoms with van der Waals surface area (Å²) in [5.41, 5.74) is 0.387. The van der Waals surface area contributed by atoms with E-state index in [1.165, 1.54) is 12.8 Å². The molecule has 2 fully saturated rings. The first-order valence-electron chi connectivity index (χ1n) is 6.71. The van der Waals surface area contributed by atoms with Gasteiger partial charge in [-0.25, -0.2) is 0 Å². The molecule has 2 saturated heterocycles. The Balaban J connectivity index is 1.86. The summed E-state index contributed by atoms with van der Waals surface area (Å²) in [5.74, 6) is 0.846. The Bertz CT molecular complexity index is 415. The van der Waals surface area contributed by atoms with Crippen LogP contribution >= 0.6 is 0 Å². The van der Waals surface area contributed by atoms with E-state index in [-0.39, 0.29) is 0 Å². The second-order valence-electron chi connectivity index (χ2n) is 5.72. The molecule has 2 bridgehead atoms. The second-order valence-corrected chi connectivity index (χ2v) is 5.72. The zero-order valence-electron chi connectivity index (χ0n) is 11.1. The smallest absolute Gasteiger partial charge is 0.118 e. The lowest BCUT2D eigenvalue weighted by atomic mass is 9.81. The van der Waals surface area contributed by atoms with Crippen LogP contribution < -0.4 is 4.74 Å². The Morgan fingerprint density at radius 2 is 1.72 bits per heavy atom. The summed E-state index contributed by atoms with van der Waals surface area (Å²) in [4.78, 5) is 2.44. The highest BCUT2D eigenvalue weighted by molar-refractivity contribution is 5.32. The van der Waals surface area contributed by atoms with Crippen molar-refractivity contribution in [3.63, 3.8) is 0 Å². The van der Waals surface area contributed by atoms with E-state index < -0.39 is 5.60 Å². The number of hydrogen-bond donors (Lipinski definition) is 1. The van der Waals surface area contributed by atoms with Crippen LogP contribution in [-0.2, 0) is 5.60 Å². The Labute approximate surface area is 108 Å². The average Bonchev–Trinajstić information content (AvgIpc) is 2.63. The Hall–Kier alpha value is -1.06. The van der Waals surface area contributed by atoms with Crippen molar-refractivity contribution < 1.29 is 9.84 Å². The van der Waals surface area contributed by atoms with E-state index in [0.29, 0.717) is 12.1 Å². The Morgan fingerprint density at radius 3 is 2.22 bits per heavy atom. The Morgan fingerprint density at radius 1 is 1.17 bits per heavy atom. The summed E-state index contributed by atoms with van der Waals surface area (Å²) in [7, 11) is 3.86. The van der Waals surface area contributed by atoms with E-state index in [4.69, 9.17) is 4.74 Å². The number of aliphatic hydroxyl groups is 1. The van der Waals surface area contributed by atoms with Crippen molar-refractivity contribution in [1.82, 2.24) is 4.90 Å². The van der Waals surface area contributed by atoms with Crippen molar-refractivity contribution in [2.45, 2.75) is 43.4 Å². The van der Waals surface area contributed by atoms with E-state index >= 15 is 0 Å². The quantitative estimate of drug-likeness (QED) is 0.869. The molecule has 2 aliphatic rings. The first-order chi connectivity index (χ1) is 8.62. The van der Waals surface area contributed by atoms with E-state index in [0.717, 1.165) is 24.2 Å². The maximum Gasteiger partial charge on any atom is 0.118 e. The average molecular weight is 247 g/mol. The lowest BCUT2D eigenvalue weighted by Crippen LogP contribution is -2.47. The molecule has 0 saturated carbocycles. The van der Waals surface area contributed by atoms with Crippen LogP contribution in [0.15, 0.2) is 24.3 Å².